The number of hydrogen-bond acceptors (Lipinski definition) is 8. The van der Waals surface area contributed by atoms with Gasteiger partial charge in [-0.05, 0) is 99.2 Å². The van der Waals surface area contributed by atoms with E-state index < -0.39 is 35.5 Å². The molecule has 2 amide bonds. The van der Waals surface area contributed by atoms with Gasteiger partial charge in [0.25, 0.3) is 11.8 Å². The van der Waals surface area contributed by atoms with Crippen LogP contribution in [0.1, 0.15) is 82.5 Å². The van der Waals surface area contributed by atoms with Gasteiger partial charge < -0.3 is 29.8 Å². The van der Waals surface area contributed by atoms with Crippen LogP contribution in [0.25, 0.3) is 11.0 Å². The average Bonchev–Trinajstić information content (AvgIpc) is 4.14. The number of halogens is 4. The van der Waals surface area contributed by atoms with Crippen LogP contribution in [0.4, 0.5) is 28.9 Å². The summed E-state index contributed by atoms with van der Waals surface area (Å²) in [6, 6.07) is 14.1. The summed E-state index contributed by atoms with van der Waals surface area (Å²) in [5.41, 5.74) is 4.37. The molecule has 0 aliphatic carbocycles. The molecule has 0 radical (unpaired) electrons. The van der Waals surface area contributed by atoms with E-state index in [4.69, 9.17) is 0 Å². The van der Waals surface area contributed by atoms with E-state index in [0.717, 1.165) is 67.4 Å². The normalized spacial score (nSPS) is 21.4. The van der Waals surface area contributed by atoms with Gasteiger partial charge in [-0.15, -0.1) is 0 Å². The zero-order valence-corrected chi connectivity index (χ0v) is 33.9. The van der Waals surface area contributed by atoms with Crippen LogP contribution < -0.4 is 9.80 Å². The van der Waals surface area contributed by atoms with Crippen LogP contribution in [-0.4, -0.2) is 103 Å². The van der Waals surface area contributed by atoms with Crippen molar-refractivity contribution < 1.29 is 37.4 Å². The minimum absolute atomic E-state index is 0.0602. The van der Waals surface area contributed by atoms with Crippen LogP contribution in [0.5, 0.6) is 0 Å². The van der Waals surface area contributed by atoms with E-state index in [1.807, 2.05) is 35.4 Å². The Balaban J connectivity index is 0.000000158. The quantitative estimate of drug-likeness (QED) is 0.132. The summed E-state index contributed by atoms with van der Waals surface area (Å²) in [6.45, 7) is 6.64. The molecular weight excluding hydrogens is 805 g/mol. The maximum atomic E-state index is 14.5. The Kier molecular flexibility index (Phi) is 11.0. The molecule has 6 aromatic rings. The highest BCUT2D eigenvalue weighted by Gasteiger charge is 2.39. The maximum Gasteiger partial charge on any atom is 0.257 e. The number of amides is 2. The Morgan fingerprint density at radius 2 is 1.23 bits per heavy atom. The molecule has 0 saturated carbocycles. The molecule has 16 heteroatoms. The van der Waals surface area contributed by atoms with Crippen LogP contribution in [0, 0.1) is 23.3 Å². The number of benzene rings is 2. The Bertz CT molecular complexity index is 2700. The van der Waals surface area contributed by atoms with E-state index in [1.165, 1.54) is 29.3 Å². The van der Waals surface area contributed by atoms with Crippen LogP contribution in [0.3, 0.4) is 0 Å². The van der Waals surface area contributed by atoms with Crippen molar-refractivity contribution in [3.05, 3.63) is 143 Å². The molecule has 0 bridgehead atoms. The number of aliphatic hydroxyl groups is 2. The number of hydrogen-bond donors (Lipinski definition) is 2. The minimum atomic E-state index is -1.28. The number of carbonyl (C=O) groups excluding carboxylic acids is 2. The molecule has 2 N–H and O–H groups in total. The first-order chi connectivity index (χ1) is 29.9. The fourth-order valence-electron chi connectivity index (χ4n) is 9.36. The SMILES string of the molecule is C=C1CCN(C(=O)c2cnn3ccc(N4CCC[C@@H]4c4cc(F)ccc4F)cc23)C1.O=C(c1cnn2ccc(N3CCC[C@@H]3c3cc(F)ccc3F)cc12)N1CCC(O)(CO)C1. The molecule has 12 nitrogen and oxygen atoms in total. The van der Waals surface area contributed by atoms with Gasteiger partial charge in [0.05, 0.1) is 59.8 Å². The van der Waals surface area contributed by atoms with Crippen molar-refractivity contribution in [2.45, 2.75) is 56.2 Å². The van der Waals surface area contributed by atoms with E-state index in [2.05, 4.69) is 21.7 Å². The lowest BCUT2D eigenvalue weighted by molar-refractivity contribution is -0.00453. The zero-order chi connectivity index (χ0) is 43.3. The fourth-order valence-corrected chi connectivity index (χ4v) is 9.36. The highest BCUT2D eigenvalue weighted by molar-refractivity contribution is 6.02. The Morgan fingerprint density at radius 3 is 1.69 bits per heavy atom. The predicted octanol–water partition coefficient (Wildman–Crippen LogP) is 6.88. The van der Waals surface area contributed by atoms with Gasteiger partial charge in [0.2, 0.25) is 0 Å². The van der Waals surface area contributed by atoms with Crippen molar-refractivity contribution >= 4 is 34.2 Å². The summed E-state index contributed by atoms with van der Waals surface area (Å²) in [5.74, 6) is -2.07. The van der Waals surface area contributed by atoms with Crippen LogP contribution in [0.15, 0.2) is 97.6 Å². The first kappa shape index (κ1) is 41.1. The molecule has 1 unspecified atom stereocenters. The summed E-state index contributed by atoms with van der Waals surface area (Å²) in [5, 5.41) is 28.2. The number of anilines is 2. The second-order valence-electron chi connectivity index (χ2n) is 16.7. The number of likely N-dealkylation sites (tertiary alicyclic amines) is 2. The number of carbonyl (C=O) groups is 2. The molecule has 0 spiro atoms. The van der Waals surface area contributed by atoms with Crippen molar-refractivity contribution in [1.82, 2.24) is 29.0 Å². The van der Waals surface area contributed by atoms with Gasteiger partial charge in [0.15, 0.2) is 0 Å². The Hall–Kier alpha value is -6.26. The van der Waals surface area contributed by atoms with Gasteiger partial charge in [-0.1, -0.05) is 12.2 Å². The van der Waals surface area contributed by atoms with Crippen molar-refractivity contribution in [2.24, 2.45) is 0 Å². The third-order valence-electron chi connectivity index (χ3n) is 12.6. The van der Waals surface area contributed by atoms with Crippen LogP contribution in [0.2, 0.25) is 0 Å². The summed E-state index contributed by atoms with van der Waals surface area (Å²) < 4.78 is 59.7. The third-order valence-corrected chi connectivity index (χ3v) is 12.6. The highest BCUT2D eigenvalue weighted by Crippen LogP contribution is 2.40. The smallest absolute Gasteiger partial charge is 0.257 e. The Labute approximate surface area is 354 Å². The van der Waals surface area contributed by atoms with E-state index in [0.29, 0.717) is 72.3 Å². The van der Waals surface area contributed by atoms with E-state index in [1.54, 1.807) is 26.3 Å². The predicted molar refractivity (Wildman–Crippen MR) is 224 cm³/mol. The maximum absolute atomic E-state index is 14.5. The average molecular weight is 851 g/mol. The molecule has 4 aliphatic rings. The number of nitrogens with zero attached hydrogens (tertiary/aromatic N) is 8. The summed E-state index contributed by atoms with van der Waals surface area (Å²) in [6.07, 6.45) is 10.9. The Morgan fingerprint density at radius 1 is 0.710 bits per heavy atom. The first-order valence-electron chi connectivity index (χ1n) is 20.9. The molecule has 10 rings (SSSR count). The van der Waals surface area contributed by atoms with E-state index >= 15 is 0 Å². The minimum Gasteiger partial charge on any atom is -0.393 e. The molecule has 4 fully saturated rings. The molecule has 4 aromatic heterocycles. The van der Waals surface area contributed by atoms with Gasteiger partial charge >= 0.3 is 0 Å². The molecular formula is C46H46F4N8O4. The highest BCUT2D eigenvalue weighted by atomic mass is 19.1. The standard InChI is InChI=1S/C23H24F2N4O3.C23H22F2N4O/c24-15-3-4-19(25)17(10-15)20-2-1-7-28(20)16-5-8-29-21(11-16)18(12-26-29)22(31)27-9-6-23(32,13-27)14-30;1-15-6-9-27(14-15)23(30)19-13-26-29-10-7-17(12-22(19)29)28-8-2-3-21(28)18-11-16(24)4-5-20(18)25/h3-5,8,10-12,20,30,32H,1-2,6-7,9,13-14H2;4-5,7,10-13,21H,1-3,6,8-9,14H2/t20-,23?;21-/m11/s1. The molecule has 62 heavy (non-hydrogen) atoms. The largest absolute Gasteiger partial charge is 0.393 e. The van der Waals surface area contributed by atoms with Crippen LogP contribution >= 0.6 is 0 Å². The topological polar surface area (TPSA) is 122 Å². The number of rotatable bonds is 7. The first-order valence-corrected chi connectivity index (χ1v) is 20.9. The van der Waals surface area contributed by atoms with Crippen molar-refractivity contribution in [2.75, 3.05) is 55.7 Å². The van der Waals surface area contributed by atoms with Crippen molar-refractivity contribution in [3.63, 3.8) is 0 Å². The zero-order valence-electron chi connectivity index (χ0n) is 33.9. The number of aliphatic hydroxyl groups excluding tert-OH is 1. The lowest BCUT2D eigenvalue weighted by Gasteiger charge is -2.27. The second-order valence-corrected chi connectivity index (χ2v) is 16.7. The number of aromatic nitrogens is 4. The fraction of sp³-hybridized carbons (Fsp3) is 0.348. The molecule has 322 valence electrons. The van der Waals surface area contributed by atoms with Crippen molar-refractivity contribution in [3.8, 4) is 0 Å². The lowest BCUT2D eigenvalue weighted by Crippen LogP contribution is -2.38. The number of pyridine rings is 2. The molecule has 2 aromatic carbocycles. The molecule has 8 heterocycles. The van der Waals surface area contributed by atoms with E-state index in [9.17, 15) is 37.4 Å². The van der Waals surface area contributed by atoms with Crippen molar-refractivity contribution in [1.29, 1.82) is 0 Å². The van der Waals surface area contributed by atoms with Gasteiger partial charge in [0.1, 0.15) is 28.9 Å². The van der Waals surface area contributed by atoms with Crippen LogP contribution in [-0.2, 0) is 0 Å². The number of β-amino-alcohol motifs (C(OH)–C–C–N with tert-alkyl or cyclic N) is 1. The summed E-state index contributed by atoms with van der Waals surface area (Å²) in [7, 11) is 0. The van der Waals surface area contributed by atoms with Gasteiger partial charge in [0, 0.05) is 67.6 Å². The molecule has 3 atom stereocenters. The second kappa shape index (κ2) is 16.5. The number of fused-ring (bicyclic) bond motifs is 2. The summed E-state index contributed by atoms with van der Waals surface area (Å²) >= 11 is 0. The monoisotopic (exact) mass is 850 g/mol. The van der Waals surface area contributed by atoms with Gasteiger partial charge in [-0.25, -0.2) is 26.6 Å². The molecule has 4 saturated heterocycles. The van der Waals surface area contributed by atoms with Gasteiger partial charge in [-0.3, -0.25) is 9.59 Å². The van der Waals surface area contributed by atoms with E-state index in [-0.39, 0.29) is 30.4 Å². The van der Waals surface area contributed by atoms with Gasteiger partial charge in [-0.2, -0.15) is 10.2 Å². The molecule has 4 aliphatic heterocycles. The summed E-state index contributed by atoms with van der Waals surface area (Å²) in [4.78, 5) is 33.5. The third kappa shape index (κ3) is 7.77. The lowest BCUT2D eigenvalue weighted by atomic mass is 10.0.